The van der Waals surface area contributed by atoms with Crippen molar-refractivity contribution >= 4 is 46.5 Å². The van der Waals surface area contributed by atoms with Crippen molar-refractivity contribution in [2.75, 3.05) is 77.8 Å². The lowest BCUT2D eigenvalue weighted by atomic mass is 9.92. The van der Waals surface area contributed by atoms with Crippen LogP contribution in [0.5, 0.6) is 34.5 Å². The maximum Gasteiger partial charge on any atom is 0.416 e. The van der Waals surface area contributed by atoms with Gasteiger partial charge in [0.15, 0.2) is 35.5 Å². The van der Waals surface area contributed by atoms with E-state index < -0.39 is 48.5 Å². The zero-order valence-electron chi connectivity index (χ0n) is 39.9. The molecule has 372 valence electrons. The Hall–Kier alpha value is -7.96. The van der Waals surface area contributed by atoms with Gasteiger partial charge in [0, 0.05) is 31.6 Å². The van der Waals surface area contributed by atoms with Crippen molar-refractivity contribution in [3.05, 3.63) is 133 Å². The third-order valence-corrected chi connectivity index (χ3v) is 12.7. The molecule has 4 atom stereocenters. The Labute approximate surface area is 411 Å². The molecule has 0 saturated heterocycles. The number of hydrogen-bond donors (Lipinski definition) is 2. The quantitative estimate of drug-likeness (QED) is 0.0854. The van der Waals surface area contributed by atoms with Crippen molar-refractivity contribution in [3.8, 4) is 34.5 Å². The zero-order valence-corrected chi connectivity index (χ0v) is 39.9. The van der Waals surface area contributed by atoms with Crippen LogP contribution in [0.25, 0.3) is 11.1 Å². The summed E-state index contributed by atoms with van der Waals surface area (Å²) in [6.45, 7) is 7.44. The molecule has 0 bridgehead atoms. The molecule has 0 aromatic heterocycles. The fourth-order valence-corrected chi connectivity index (χ4v) is 9.14. The SMILES string of the molecule is C=CCOC(=O)N1c2cc(OCCCOc3cc4c(cc3OC)C(=O)N3CC=C(c5ccc(OC)cc5)C[C@H]3C(O)N4C(=O)OCC=C)c(OC)cc2C(=O)N2CCC(c3ccc(OC)cc3)=C[C@H]2C1O. The average molecular weight is 973 g/mol. The van der Waals surface area contributed by atoms with Crippen molar-refractivity contribution in [1.82, 2.24) is 9.80 Å². The zero-order chi connectivity index (χ0) is 50.3. The Bertz CT molecular complexity index is 2740. The van der Waals surface area contributed by atoms with Crippen LogP contribution in [0, 0.1) is 0 Å². The highest BCUT2D eigenvalue weighted by Gasteiger charge is 2.46. The number of rotatable bonds is 16. The van der Waals surface area contributed by atoms with Gasteiger partial charge in [-0.2, -0.15) is 0 Å². The molecule has 0 spiro atoms. The van der Waals surface area contributed by atoms with Crippen molar-refractivity contribution in [1.29, 1.82) is 0 Å². The van der Waals surface area contributed by atoms with E-state index in [1.54, 1.807) is 20.3 Å². The Morgan fingerprint density at radius 2 is 1.14 bits per heavy atom. The van der Waals surface area contributed by atoms with Crippen LogP contribution in [-0.2, 0) is 9.47 Å². The van der Waals surface area contributed by atoms with Gasteiger partial charge in [-0.15, -0.1) is 0 Å². The number of aliphatic hydroxyl groups is 2. The van der Waals surface area contributed by atoms with Gasteiger partial charge in [0.05, 0.1) is 76.2 Å². The van der Waals surface area contributed by atoms with Crippen LogP contribution in [0.3, 0.4) is 0 Å². The first-order valence-corrected chi connectivity index (χ1v) is 22.9. The third kappa shape index (κ3) is 9.93. The lowest BCUT2D eigenvalue weighted by molar-refractivity contribution is 0.0397. The Kier molecular flexibility index (Phi) is 15.2. The largest absolute Gasteiger partial charge is 0.497 e. The molecule has 4 amide bonds. The predicted molar refractivity (Wildman–Crippen MR) is 262 cm³/mol. The van der Waals surface area contributed by atoms with E-state index in [1.807, 2.05) is 54.6 Å². The maximum absolute atomic E-state index is 14.4. The summed E-state index contributed by atoms with van der Waals surface area (Å²) in [7, 11) is 6.00. The normalized spacial score (nSPS) is 19.2. The molecule has 18 nitrogen and oxygen atoms in total. The molecule has 2 N–H and O–H groups in total. The molecule has 8 rings (SSSR count). The number of ether oxygens (including phenoxy) is 8. The van der Waals surface area contributed by atoms with E-state index >= 15 is 0 Å². The van der Waals surface area contributed by atoms with Crippen LogP contribution in [-0.4, -0.2) is 137 Å². The van der Waals surface area contributed by atoms with Gasteiger partial charge in [-0.1, -0.05) is 61.7 Å². The topological polar surface area (TPSA) is 196 Å². The molecule has 4 heterocycles. The van der Waals surface area contributed by atoms with E-state index in [-0.39, 0.29) is 97.9 Å². The predicted octanol–water partition coefficient (Wildman–Crippen LogP) is 7.09. The van der Waals surface area contributed by atoms with E-state index in [4.69, 9.17) is 37.9 Å². The van der Waals surface area contributed by atoms with Gasteiger partial charge >= 0.3 is 12.2 Å². The van der Waals surface area contributed by atoms with Crippen LogP contribution in [0.15, 0.2) is 110 Å². The highest BCUT2D eigenvalue weighted by molar-refractivity contribution is 6.07. The first-order valence-electron chi connectivity index (χ1n) is 22.9. The number of hydrogen-bond acceptors (Lipinski definition) is 14. The second-order valence-corrected chi connectivity index (χ2v) is 16.7. The molecule has 4 aliphatic heterocycles. The summed E-state index contributed by atoms with van der Waals surface area (Å²) >= 11 is 0. The lowest BCUT2D eigenvalue weighted by Gasteiger charge is -2.38. The molecule has 0 aliphatic carbocycles. The van der Waals surface area contributed by atoms with Crippen molar-refractivity contribution in [2.45, 2.75) is 43.8 Å². The molecule has 2 unspecified atom stereocenters. The molecular weight excluding hydrogens is 917 g/mol. The highest BCUT2D eigenvalue weighted by Crippen LogP contribution is 2.44. The summed E-state index contributed by atoms with van der Waals surface area (Å²) in [5.74, 6) is 1.19. The number of anilines is 2. The maximum atomic E-state index is 14.4. The minimum atomic E-state index is -1.57. The van der Waals surface area contributed by atoms with Crippen LogP contribution in [0.1, 0.15) is 51.1 Å². The van der Waals surface area contributed by atoms with Crippen LogP contribution < -0.4 is 38.2 Å². The Morgan fingerprint density at radius 3 is 1.63 bits per heavy atom. The summed E-state index contributed by atoms with van der Waals surface area (Å²) in [6, 6.07) is 18.9. The van der Waals surface area contributed by atoms with Gasteiger partial charge in [0.2, 0.25) is 0 Å². The second-order valence-electron chi connectivity index (χ2n) is 16.7. The van der Waals surface area contributed by atoms with Crippen LogP contribution >= 0.6 is 0 Å². The van der Waals surface area contributed by atoms with Gasteiger partial charge in [0.25, 0.3) is 11.8 Å². The lowest BCUT2D eigenvalue weighted by Crippen LogP contribution is -2.54. The van der Waals surface area contributed by atoms with E-state index in [1.165, 1.54) is 60.4 Å². The van der Waals surface area contributed by atoms with Crippen LogP contribution in [0.2, 0.25) is 0 Å². The van der Waals surface area contributed by atoms with E-state index in [0.717, 1.165) is 32.1 Å². The van der Waals surface area contributed by atoms with Gasteiger partial charge < -0.3 is 57.9 Å². The van der Waals surface area contributed by atoms with Gasteiger partial charge in [-0.25, -0.2) is 19.4 Å². The average Bonchev–Trinajstić information content (AvgIpc) is 3.55. The Morgan fingerprint density at radius 1 is 0.648 bits per heavy atom. The van der Waals surface area contributed by atoms with Gasteiger partial charge in [-0.05, 0) is 71.5 Å². The first-order chi connectivity index (χ1) is 34.4. The summed E-state index contributed by atoms with van der Waals surface area (Å²) in [6.07, 6.45) is 2.56. The molecule has 4 aromatic carbocycles. The molecule has 18 heteroatoms. The van der Waals surface area contributed by atoms with Gasteiger partial charge in [0.1, 0.15) is 24.7 Å². The van der Waals surface area contributed by atoms with Crippen molar-refractivity contribution in [2.24, 2.45) is 0 Å². The molecule has 4 aromatic rings. The third-order valence-electron chi connectivity index (χ3n) is 12.7. The minimum Gasteiger partial charge on any atom is -0.497 e. The van der Waals surface area contributed by atoms with Gasteiger partial charge in [-0.3, -0.25) is 9.59 Å². The minimum absolute atomic E-state index is 0.0277. The van der Waals surface area contributed by atoms with E-state index in [0.29, 0.717) is 17.9 Å². The number of methoxy groups -OCH3 is 4. The molecule has 0 fully saturated rings. The number of nitrogens with zero attached hydrogens (tertiary/aromatic N) is 4. The number of aliphatic hydroxyl groups excluding tert-OH is 2. The van der Waals surface area contributed by atoms with Crippen molar-refractivity contribution in [3.63, 3.8) is 0 Å². The summed E-state index contributed by atoms with van der Waals surface area (Å²) in [5.41, 5.74) is 3.77. The number of amides is 4. The smallest absolute Gasteiger partial charge is 0.416 e. The van der Waals surface area contributed by atoms with E-state index in [9.17, 15) is 29.4 Å². The fourth-order valence-electron chi connectivity index (χ4n) is 9.14. The summed E-state index contributed by atoms with van der Waals surface area (Å²) in [5, 5.41) is 24.1. The summed E-state index contributed by atoms with van der Waals surface area (Å²) in [4.78, 5) is 61.5. The number of carbonyl (C=O) groups is 4. The molecular formula is C53H56N4O14. The standard InChI is InChI=1S/C53H56N4O14/c1-7-22-70-52(62)56-40-30-46(44(66-5)28-38(40)48(58)54-20-18-34(26-42(54)50(56)60)32-10-14-36(64-3)15-11-32)68-24-9-25-69-47-31-41-39(29-45(47)67-6)49(59)55-21-19-35(33-12-16-37(65-4)17-13-33)27-43(55)51(61)57(41)53(63)71-23-8-2/h7-8,10-18,27-31,42-43,50-51,60-61H,1-2,9,19-26H2,3-6H3/t42-,43-,50?,51?/m0/s1. The van der Waals surface area contributed by atoms with E-state index in [2.05, 4.69) is 13.2 Å². The molecule has 0 radical (unpaired) electrons. The summed E-state index contributed by atoms with van der Waals surface area (Å²) < 4.78 is 45.4. The molecule has 71 heavy (non-hydrogen) atoms. The molecule has 0 saturated carbocycles. The number of carbonyl (C=O) groups excluding carboxylic acids is 4. The first kappa shape index (κ1) is 49.5. The highest BCUT2D eigenvalue weighted by atomic mass is 16.6. The second kappa shape index (κ2) is 21.8. The number of fused-ring (bicyclic) bond motifs is 4. The monoisotopic (exact) mass is 972 g/mol. The Balaban J connectivity index is 1.02. The van der Waals surface area contributed by atoms with Crippen LogP contribution in [0.4, 0.5) is 21.0 Å². The fraction of sp³-hybridized carbons (Fsp3) is 0.321. The molecule has 4 aliphatic rings. The number of benzene rings is 4. The van der Waals surface area contributed by atoms with Crippen molar-refractivity contribution < 1.29 is 67.3 Å².